The van der Waals surface area contributed by atoms with Crippen LogP contribution in [-0.4, -0.2) is 71.0 Å². The number of aliphatic hydroxyl groups is 1. The number of likely N-dealkylation sites (tertiary alicyclic amines) is 1. The fraction of sp³-hybridized carbons (Fsp3) is 0.538. The molecule has 9 nitrogen and oxygen atoms in total. The van der Waals surface area contributed by atoms with Crippen LogP contribution in [-0.2, 0) is 17.1 Å². The molecule has 3 amide bonds. The van der Waals surface area contributed by atoms with Gasteiger partial charge in [0.2, 0.25) is 5.91 Å². The maximum absolute atomic E-state index is 12.8. The number of hydrogen-bond donors (Lipinski definition) is 4. The fourth-order valence-electron chi connectivity index (χ4n) is 4.94. The van der Waals surface area contributed by atoms with Gasteiger partial charge in [-0.1, -0.05) is 12.1 Å². The number of benzene rings is 1. The SMILES string of the molecule is CCNC(=O)c1cnc(C2(O)CCC(N[C@H]3CCN(C(=O)CNC(=O)c4cccc(CF)c4)C3)CC2)s1. The molecule has 2 aromatic rings. The Morgan fingerprint density at radius 3 is 2.68 bits per heavy atom. The molecule has 1 aliphatic carbocycles. The van der Waals surface area contributed by atoms with Crippen molar-refractivity contribution in [1.29, 1.82) is 0 Å². The number of carbonyl (C=O) groups excluding carboxylic acids is 3. The zero-order valence-corrected chi connectivity index (χ0v) is 21.8. The van der Waals surface area contributed by atoms with Crippen LogP contribution in [0.4, 0.5) is 4.39 Å². The first-order valence-corrected chi connectivity index (χ1v) is 13.6. The van der Waals surface area contributed by atoms with Gasteiger partial charge in [0.15, 0.2) is 0 Å². The van der Waals surface area contributed by atoms with E-state index >= 15 is 0 Å². The van der Waals surface area contributed by atoms with E-state index in [2.05, 4.69) is 20.9 Å². The van der Waals surface area contributed by atoms with Crippen LogP contribution in [0.25, 0.3) is 0 Å². The van der Waals surface area contributed by atoms with Crippen molar-refractivity contribution in [3.63, 3.8) is 0 Å². The molecule has 0 unspecified atom stereocenters. The number of aromatic nitrogens is 1. The lowest BCUT2D eigenvalue weighted by molar-refractivity contribution is -0.129. The highest BCUT2D eigenvalue weighted by Crippen LogP contribution is 2.39. The van der Waals surface area contributed by atoms with Crippen molar-refractivity contribution in [3.05, 3.63) is 51.5 Å². The van der Waals surface area contributed by atoms with E-state index in [0.29, 0.717) is 53.5 Å². The summed E-state index contributed by atoms with van der Waals surface area (Å²) in [4.78, 5) is 43.6. The summed E-state index contributed by atoms with van der Waals surface area (Å²) in [5.41, 5.74) is -0.267. The van der Waals surface area contributed by atoms with Gasteiger partial charge in [0, 0.05) is 37.3 Å². The van der Waals surface area contributed by atoms with Crippen LogP contribution in [0.15, 0.2) is 30.5 Å². The predicted molar refractivity (Wildman–Crippen MR) is 138 cm³/mol. The molecule has 2 heterocycles. The number of halogens is 1. The van der Waals surface area contributed by atoms with E-state index in [1.165, 1.54) is 23.6 Å². The van der Waals surface area contributed by atoms with Crippen LogP contribution < -0.4 is 16.0 Å². The smallest absolute Gasteiger partial charge is 0.262 e. The van der Waals surface area contributed by atoms with Crippen molar-refractivity contribution in [3.8, 4) is 0 Å². The number of rotatable bonds is 9. The third-order valence-corrected chi connectivity index (χ3v) is 8.22. The van der Waals surface area contributed by atoms with Gasteiger partial charge in [0.1, 0.15) is 22.2 Å². The normalized spacial score (nSPS) is 23.6. The molecule has 2 aliphatic rings. The van der Waals surface area contributed by atoms with Gasteiger partial charge in [-0.15, -0.1) is 11.3 Å². The third kappa shape index (κ3) is 6.71. The highest BCUT2D eigenvalue weighted by Gasteiger charge is 2.39. The van der Waals surface area contributed by atoms with E-state index in [1.807, 2.05) is 6.92 Å². The van der Waals surface area contributed by atoms with Crippen LogP contribution in [0.2, 0.25) is 0 Å². The van der Waals surface area contributed by atoms with Crippen molar-refractivity contribution in [2.24, 2.45) is 0 Å². The third-order valence-electron chi connectivity index (χ3n) is 7.03. The van der Waals surface area contributed by atoms with Crippen LogP contribution in [0, 0.1) is 0 Å². The Morgan fingerprint density at radius 2 is 1.95 bits per heavy atom. The van der Waals surface area contributed by atoms with Crippen LogP contribution in [0.1, 0.15) is 69.6 Å². The number of nitrogens with one attached hydrogen (secondary N) is 3. The van der Waals surface area contributed by atoms with Crippen molar-refractivity contribution < 1.29 is 23.9 Å². The minimum absolute atomic E-state index is 0.103. The largest absolute Gasteiger partial charge is 0.383 e. The van der Waals surface area contributed by atoms with Gasteiger partial charge in [0.05, 0.1) is 12.7 Å². The van der Waals surface area contributed by atoms with E-state index in [-0.39, 0.29) is 30.4 Å². The first-order valence-electron chi connectivity index (χ1n) is 12.7. The first kappa shape index (κ1) is 27.2. The molecule has 1 saturated heterocycles. The lowest BCUT2D eigenvalue weighted by Gasteiger charge is -2.36. The Bertz CT molecular complexity index is 1120. The molecule has 0 bridgehead atoms. The molecule has 1 aromatic carbocycles. The quantitative estimate of drug-likeness (QED) is 0.393. The number of carbonyl (C=O) groups is 3. The average molecular weight is 532 g/mol. The zero-order valence-electron chi connectivity index (χ0n) is 21.0. The summed E-state index contributed by atoms with van der Waals surface area (Å²) in [5, 5.41) is 20.8. The lowest BCUT2D eigenvalue weighted by atomic mass is 9.82. The monoisotopic (exact) mass is 531 g/mol. The summed E-state index contributed by atoms with van der Waals surface area (Å²) < 4.78 is 12.8. The summed E-state index contributed by atoms with van der Waals surface area (Å²) in [6.07, 6.45) is 4.99. The molecule has 0 radical (unpaired) electrons. The van der Waals surface area contributed by atoms with E-state index in [0.717, 1.165) is 19.3 Å². The minimum Gasteiger partial charge on any atom is -0.383 e. The summed E-state index contributed by atoms with van der Waals surface area (Å²) >= 11 is 1.25. The molecule has 4 N–H and O–H groups in total. The zero-order chi connectivity index (χ0) is 26.4. The Kier molecular flexibility index (Phi) is 8.88. The second-order valence-corrected chi connectivity index (χ2v) is 10.7. The first-order chi connectivity index (χ1) is 17.8. The molecule has 37 heavy (non-hydrogen) atoms. The van der Waals surface area contributed by atoms with Crippen LogP contribution in [0.5, 0.6) is 0 Å². The summed E-state index contributed by atoms with van der Waals surface area (Å²) in [6.45, 7) is 2.83. The average Bonchev–Trinajstić information content (AvgIpc) is 3.60. The fourth-order valence-corrected chi connectivity index (χ4v) is 5.92. The number of nitrogens with zero attached hydrogens (tertiary/aromatic N) is 2. The van der Waals surface area contributed by atoms with Crippen molar-refractivity contribution in [1.82, 2.24) is 25.8 Å². The lowest BCUT2D eigenvalue weighted by Crippen LogP contribution is -2.46. The van der Waals surface area contributed by atoms with Gasteiger partial charge in [0.25, 0.3) is 11.8 Å². The molecule has 1 aromatic heterocycles. The molecule has 200 valence electrons. The van der Waals surface area contributed by atoms with E-state index in [1.54, 1.807) is 23.1 Å². The van der Waals surface area contributed by atoms with Crippen LogP contribution >= 0.6 is 11.3 Å². The number of thiazole rings is 1. The van der Waals surface area contributed by atoms with E-state index in [9.17, 15) is 23.9 Å². The summed E-state index contributed by atoms with van der Waals surface area (Å²) in [7, 11) is 0. The maximum atomic E-state index is 12.8. The topological polar surface area (TPSA) is 124 Å². The molecule has 1 saturated carbocycles. The van der Waals surface area contributed by atoms with Gasteiger partial charge < -0.3 is 26.0 Å². The number of hydrogen-bond acceptors (Lipinski definition) is 7. The van der Waals surface area contributed by atoms with Gasteiger partial charge in [-0.25, -0.2) is 9.37 Å². The molecule has 1 aliphatic heterocycles. The van der Waals surface area contributed by atoms with Crippen molar-refractivity contribution in [2.75, 3.05) is 26.2 Å². The molecular formula is C26H34FN5O4S. The Labute approximate surface area is 219 Å². The van der Waals surface area contributed by atoms with Gasteiger partial charge in [-0.3, -0.25) is 14.4 Å². The van der Waals surface area contributed by atoms with Crippen molar-refractivity contribution in [2.45, 2.75) is 63.4 Å². The molecule has 1 atom stereocenters. The Hall–Kier alpha value is -2.89. The molecule has 0 spiro atoms. The standard InChI is InChI=1S/C26H34FN5O4S/c1-2-28-24(35)21-14-30-25(37-21)26(36)9-6-19(7-10-26)31-20-8-11-32(16-20)22(33)15-29-23(34)18-5-3-4-17(12-18)13-27/h3-5,12,14,19-20,31,36H,2,6-11,13,15-16H2,1H3,(H,28,35)(H,29,34)/t19?,20-,26?/m0/s1. The molecular weight excluding hydrogens is 497 g/mol. The Morgan fingerprint density at radius 1 is 1.16 bits per heavy atom. The van der Waals surface area contributed by atoms with Crippen molar-refractivity contribution >= 4 is 29.1 Å². The number of amides is 3. The highest BCUT2D eigenvalue weighted by molar-refractivity contribution is 7.13. The maximum Gasteiger partial charge on any atom is 0.262 e. The molecule has 2 fully saturated rings. The van der Waals surface area contributed by atoms with Gasteiger partial charge >= 0.3 is 0 Å². The van der Waals surface area contributed by atoms with Gasteiger partial charge in [-0.2, -0.15) is 0 Å². The second-order valence-electron chi connectivity index (χ2n) is 9.70. The Balaban J connectivity index is 1.20. The number of alkyl halides is 1. The minimum atomic E-state index is -1.02. The summed E-state index contributed by atoms with van der Waals surface area (Å²) in [5.74, 6) is -0.717. The van der Waals surface area contributed by atoms with Crippen LogP contribution in [0.3, 0.4) is 0 Å². The second kappa shape index (κ2) is 12.1. The molecule has 11 heteroatoms. The predicted octanol–water partition coefficient (Wildman–Crippen LogP) is 2.11. The highest BCUT2D eigenvalue weighted by atomic mass is 32.1. The molecule has 4 rings (SSSR count). The van der Waals surface area contributed by atoms with E-state index in [4.69, 9.17) is 0 Å². The van der Waals surface area contributed by atoms with E-state index < -0.39 is 18.2 Å². The van der Waals surface area contributed by atoms with Gasteiger partial charge in [-0.05, 0) is 56.7 Å². The summed E-state index contributed by atoms with van der Waals surface area (Å²) in [6, 6.07) is 6.69.